The topological polar surface area (TPSA) is 0 Å². The molecule has 4 rings (SSSR count). The molecule has 0 heterocycles. The third-order valence-corrected chi connectivity index (χ3v) is 11.1. The minimum Gasteiger partial charge on any atom is -0.0887 e. The minimum atomic E-state index is 0.647. The molecule has 0 radical (unpaired) electrons. The highest BCUT2D eigenvalue weighted by Crippen LogP contribution is 2.66. The lowest BCUT2D eigenvalue weighted by molar-refractivity contribution is -0.0829. The van der Waals surface area contributed by atoms with Gasteiger partial charge in [-0.1, -0.05) is 45.8 Å². The van der Waals surface area contributed by atoms with Crippen molar-refractivity contribution in [3.63, 3.8) is 0 Å². The molecule has 28 heavy (non-hydrogen) atoms. The fourth-order valence-electron chi connectivity index (χ4n) is 9.25. The SMILES string of the molecule is C/C=C(\C)C[C@@H](C)C1CCC2C3CCC4C[C@@](C)(CC)CCC4C3CCC21C. The zero-order valence-electron chi connectivity index (χ0n) is 19.9. The molecule has 4 aliphatic carbocycles. The van der Waals surface area contributed by atoms with Crippen LogP contribution in [0.25, 0.3) is 0 Å². The molecule has 0 saturated heterocycles. The van der Waals surface area contributed by atoms with E-state index in [1.807, 2.05) is 0 Å². The minimum absolute atomic E-state index is 0.647. The van der Waals surface area contributed by atoms with Gasteiger partial charge < -0.3 is 0 Å². The summed E-state index contributed by atoms with van der Waals surface area (Å²) in [5.41, 5.74) is 2.92. The van der Waals surface area contributed by atoms with Gasteiger partial charge in [0.05, 0.1) is 0 Å². The highest BCUT2D eigenvalue weighted by molar-refractivity contribution is 5.08. The van der Waals surface area contributed by atoms with Crippen molar-refractivity contribution in [3.05, 3.63) is 11.6 Å². The summed E-state index contributed by atoms with van der Waals surface area (Å²) in [6.07, 6.45) is 19.0. The monoisotopic (exact) mass is 384 g/mol. The van der Waals surface area contributed by atoms with Gasteiger partial charge in [0.2, 0.25) is 0 Å². The van der Waals surface area contributed by atoms with E-state index in [4.69, 9.17) is 0 Å². The zero-order chi connectivity index (χ0) is 20.1. The molecule has 0 aromatic rings. The summed E-state index contributed by atoms with van der Waals surface area (Å²) in [7, 11) is 0. The van der Waals surface area contributed by atoms with Crippen molar-refractivity contribution in [3.8, 4) is 0 Å². The van der Waals surface area contributed by atoms with E-state index in [1.165, 1.54) is 32.1 Å². The molecule has 0 nitrogen and oxygen atoms in total. The van der Waals surface area contributed by atoms with Crippen LogP contribution in [0.5, 0.6) is 0 Å². The third-order valence-electron chi connectivity index (χ3n) is 11.1. The van der Waals surface area contributed by atoms with Crippen LogP contribution in [0.1, 0.15) is 112 Å². The second kappa shape index (κ2) is 7.77. The predicted molar refractivity (Wildman–Crippen MR) is 122 cm³/mol. The van der Waals surface area contributed by atoms with Crippen molar-refractivity contribution in [2.45, 2.75) is 112 Å². The molecule has 0 aliphatic heterocycles. The molecule has 9 atom stereocenters. The maximum absolute atomic E-state index is 2.73. The van der Waals surface area contributed by atoms with Crippen LogP contribution in [0.3, 0.4) is 0 Å². The molecule has 0 spiro atoms. The Hall–Kier alpha value is -0.260. The molecule has 160 valence electrons. The molecule has 0 aromatic heterocycles. The Labute approximate surface area is 176 Å². The Morgan fingerprint density at radius 3 is 2.43 bits per heavy atom. The van der Waals surface area contributed by atoms with Gasteiger partial charge in [0.25, 0.3) is 0 Å². The summed E-state index contributed by atoms with van der Waals surface area (Å²) in [5.74, 6) is 7.21. The Bertz CT molecular complexity index is 587. The van der Waals surface area contributed by atoms with E-state index in [0.29, 0.717) is 10.8 Å². The van der Waals surface area contributed by atoms with Crippen molar-refractivity contribution >= 4 is 0 Å². The highest BCUT2D eigenvalue weighted by Gasteiger charge is 2.58. The summed E-state index contributed by atoms with van der Waals surface area (Å²) in [5, 5.41) is 0. The van der Waals surface area contributed by atoms with Crippen molar-refractivity contribution in [1.82, 2.24) is 0 Å². The number of fused-ring (bicyclic) bond motifs is 5. The molecule has 4 fully saturated rings. The van der Waals surface area contributed by atoms with Gasteiger partial charge in [-0.15, -0.1) is 0 Å². The smallest absolute Gasteiger partial charge is 0.0264 e. The van der Waals surface area contributed by atoms with E-state index < -0.39 is 0 Å². The lowest BCUT2D eigenvalue weighted by atomic mass is 9.47. The first kappa shape index (κ1) is 21.0. The van der Waals surface area contributed by atoms with Gasteiger partial charge in [-0.05, 0) is 130 Å². The number of allylic oxidation sites excluding steroid dienone is 2. The lowest BCUT2D eigenvalue weighted by Gasteiger charge is -2.58. The number of hydrogen-bond donors (Lipinski definition) is 0. The maximum Gasteiger partial charge on any atom is -0.0264 e. The van der Waals surface area contributed by atoms with Crippen molar-refractivity contribution in [2.24, 2.45) is 52.3 Å². The van der Waals surface area contributed by atoms with E-state index >= 15 is 0 Å². The summed E-state index contributed by atoms with van der Waals surface area (Å²) in [4.78, 5) is 0. The van der Waals surface area contributed by atoms with Crippen molar-refractivity contribution in [2.75, 3.05) is 0 Å². The molecule has 4 saturated carbocycles. The standard InChI is InChI=1S/C28H48/c1-7-19(3)17-20(4)25-11-12-26-24-10-9-21-18-27(5,8-2)15-13-22(21)23(24)14-16-28(25,26)6/h7,20-26H,8-18H2,1-6H3/b19-7+/t20-,21?,22?,23?,24?,25?,26?,27+,28?/m1/s1. The second-order valence-corrected chi connectivity index (χ2v) is 12.4. The second-order valence-electron chi connectivity index (χ2n) is 12.4. The average Bonchev–Trinajstić information content (AvgIpc) is 3.04. The first-order chi connectivity index (χ1) is 13.3. The van der Waals surface area contributed by atoms with E-state index in [2.05, 4.69) is 47.6 Å². The predicted octanol–water partition coefficient (Wildman–Crippen LogP) is 8.66. The van der Waals surface area contributed by atoms with Crippen LogP contribution >= 0.6 is 0 Å². The number of rotatable bonds is 4. The molecule has 7 unspecified atom stereocenters. The van der Waals surface area contributed by atoms with Gasteiger partial charge in [-0.3, -0.25) is 0 Å². The summed E-state index contributed by atoms with van der Waals surface area (Å²) in [6.45, 7) is 14.9. The van der Waals surface area contributed by atoms with Crippen LogP contribution in [0.2, 0.25) is 0 Å². The summed E-state index contributed by atoms with van der Waals surface area (Å²) < 4.78 is 0. The molecule has 4 aliphatic rings. The van der Waals surface area contributed by atoms with Crippen LogP contribution in [0.4, 0.5) is 0 Å². The summed E-state index contributed by atoms with van der Waals surface area (Å²) in [6, 6.07) is 0. The van der Waals surface area contributed by atoms with Gasteiger partial charge in [-0.2, -0.15) is 0 Å². The van der Waals surface area contributed by atoms with Gasteiger partial charge in [0.1, 0.15) is 0 Å². The molecular weight excluding hydrogens is 336 g/mol. The fraction of sp³-hybridized carbons (Fsp3) is 0.929. The van der Waals surface area contributed by atoms with Crippen molar-refractivity contribution in [1.29, 1.82) is 0 Å². The lowest BCUT2D eigenvalue weighted by Crippen LogP contribution is -2.50. The molecular formula is C28H48. The molecule has 0 aromatic carbocycles. The van der Waals surface area contributed by atoms with Crippen LogP contribution in [-0.2, 0) is 0 Å². The zero-order valence-corrected chi connectivity index (χ0v) is 19.9. The Kier molecular flexibility index (Phi) is 5.83. The molecule has 0 bridgehead atoms. The van der Waals surface area contributed by atoms with E-state index in [9.17, 15) is 0 Å². The maximum atomic E-state index is 2.73. The Morgan fingerprint density at radius 2 is 1.71 bits per heavy atom. The van der Waals surface area contributed by atoms with Gasteiger partial charge in [0.15, 0.2) is 0 Å². The van der Waals surface area contributed by atoms with Gasteiger partial charge in [-0.25, -0.2) is 0 Å². The first-order valence-electron chi connectivity index (χ1n) is 12.9. The van der Waals surface area contributed by atoms with Gasteiger partial charge in [0, 0.05) is 0 Å². The normalized spacial score (nSPS) is 49.9. The number of hydrogen-bond acceptors (Lipinski definition) is 0. The van der Waals surface area contributed by atoms with Gasteiger partial charge >= 0.3 is 0 Å². The van der Waals surface area contributed by atoms with E-state index in [0.717, 1.165) is 41.4 Å². The van der Waals surface area contributed by atoms with Crippen LogP contribution < -0.4 is 0 Å². The molecule has 0 N–H and O–H groups in total. The van der Waals surface area contributed by atoms with E-state index in [-0.39, 0.29) is 0 Å². The fourth-order valence-corrected chi connectivity index (χ4v) is 9.25. The summed E-state index contributed by atoms with van der Waals surface area (Å²) >= 11 is 0. The Morgan fingerprint density at radius 1 is 0.964 bits per heavy atom. The van der Waals surface area contributed by atoms with Crippen LogP contribution in [0, 0.1) is 52.3 Å². The Balaban J connectivity index is 1.48. The quantitative estimate of drug-likeness (QED) is 0.425. The molecule has 0 heteroatoms. The van der Waals surface area contributed by atoms with Crippen LogP contribution in [-0.4, -0.2) is 0 Å². The average molecular weight is 385 g/mol. The van der Waals surface area contributed by atoms with E-state index in [1.54, 1.807) is 44.1 Å². The van der Waals surface area contributed by atoms with Crippen molar-refractivity contribution < 1.29 is 0 Å². The molecule has 0 amide bonds. The van der Waals surface area contributed by atoms with Crippen LogP contribution in [0.15, 0.2) is 11.6 Å². The highest BCUT2D eigenvalue weighted by atomic mass is 14.6. The first-order valence-corrected chi connectivity index (χ1v) is 12.9. The largest absolute Gasteiger partial charge is 0.0887 e. The third kappa shape index (κ3) is 3.43.